The van der Waals surface area contributed by atoms with Gasteiger partial charge in [0.1, 0.15) is 6.67 Å². The molecule has 7 heteroatoms. The molecular formula is C21H34FN3O3. The number of alkyl halides is 1. The zero-order chi connectivity index (χ0) is 22.3. The van der Waals surface area contributed by atoms with Crippen molar-refractivity contribution in [3.05, 3.63) is 0 Å². The predicted molar refractivity (Wildman–Crippen MR) is 104 cm³/mol. The lowest BCUT2D eigenvalue weighted by atomic mass is 9.64. The Hall–Kier alpha value is -1.37. The van der Waals surface area contributed by atoms with Crippen LogP contribution in [0, 0.1) is 11.3 Å². The van der Waals surface area contributed by atoms with E-state index in [9.17, 15) is 14.0 Å². The van der Waals surface area contributed by atoms with Gasteiger partial charge in [0, 0.05) is 29.2 Å². The summed E-state index contributed by atoms with van der Waals surface area (Å²) in [6.45, 7) is -0.270. The molecule has 4 fully saturated rings. The first-order valence-corrected chi connectivity index (χ1v) is 10.7. The number of nitrogens with zero attached hydrogens (tertiary/aromatic N) is 2. The van der Waals surface area contributed by atoms with Gasteiger partial charge in [-0.05, 0) is 76.7 Å². The number of rotatable bonds is 5. The maximum Gasteiger partial charge on any atom is 0.409 e. The molecule has 2 aliphatic carbocycles. The lowest BCUT2D eigenvalue weighted by Gasteiger charge is -2.51. The van der Waals surface area contributed by atoms with E-state index in [0.29, 0.717) is 19.1 Å². The van der Waals surface area contributed by atoms with E-state index in [4.69, 9.17) is 8.85 Å². The van der Waals surface area contributed by atoms with Crippen LogP contribution < -0.4 is 5.32 Å². The summed E-state index contributed by atoms with van der Waals surface area (Å²) in [6, 6.07) is 0.478. The SMILES string of the molecule is [2H]C([2H])([2H])COC(=O)N1CCC2(CC(N3CCC(C(=O)NC4(CF)CCC4)CC3)C2)C1. The van der Waals surface area contributed by atoms with Gasteiger partial charge in [0.2, 0.25) is 5.91 Å². The molecular weight excluding hydrogens is 361 g/mol. The van der Waals surface area contributed by atoms with Crippen LogP contribution in [-0.4, -0.2) is 72.8 Å². The molecule has 0 aromatic heterocycles. The van der Waals surface area contributed by atoms with Crippen molar-refractivity contribution in [2.24, 2.45) is 11.3 Å². The number of hydrogen-bond donors (Lipinski definition) is 1. The Morgan fingerprint density at radius 2 is 1.96 bits per heavy atom. The second-order valence-corrected chi connectivity index (χ2v) is 9.36. The Bertz CT molecular complexity index is 682. The first-order chi connectivity index (χ1) is 14.6. The maximum atomic E-state index is 13.3. The fourth-order valence-electron chi connectivity index (χ4n) is 5.56. The van der Waals surface area contributed by atoms with Crippen LogP contribution in [0.4, 0.5) is 9.18 Å². The number of halogens is 1. The van der Waals surface area contributed by atoms with Crippen molar-refractivity contribution in [2.75, 3.05) is 39.5 Å². The van der Waals surface area contributed by atoms with Crippen LogP contribution in [0.5, 0.6) is 0 Å². The average Bonchev–Trinajstić information content (AvgIpc) is 3.13. The second kappa shape index (κ2) is 7.81. The highest BCUT2D eigenvalue weighted by Crippen LogP contribution is 2.50. The Labute approximate surface area is 171 Å². The van der Waals surface area contributed by atoms with E-state index in [1.165, 1.54) is 0 Å². The summed E-state index contributed by atoms with van der Waals surface area (Å²) < 4.78 is 39.7. The van der Waals surface area contributed by atoms with Crippen LogP contribution in [0.25, 0.3) is 0 Å². The topological polar surface area (TPSA) is 61.9 Å². The van der Waals surface area contributed by atoms with Crippen LogP contribution in [-0.2, 0) is 9.53 Å². The number of carbonyl (C=O) groups is 2. The van der Waals surface area contributed by atoms with Gasteiger partial charge >= 0.3 is 6.09 Å². The van der Waals surface area contributed by atoms with Crippen molar-refractivity contribution in [1.82, 2.24) is 15.1 Å². The molecule has 158 valence electrons. The third-order valence-electron chi connectivity index (χ3n) is 7.60. The van der Waals surface area contributed by atoms with Crippen LogP contribution in [0.3, 0.4) is 0 Å². The largest absolute Gasteiger partial charge is 0.450 e. The van der Waals surface area contributed by atoms with Crippen LogP contribution in [0.15, 0.2) is 0 Å². The van der Waals surface area contributed by atoms with Gasteiger partial charge in [-0.1, -0.05) is 0 Å². The van der Waals surface area contributed by atoms with Gasteiger partial charge < -0.3 is 19.9 Å². The number of piperidine rings is 1. The molecule has 2 aliphatic heterocycles. The van der Waals surface area contributed by atoms with Crippen molar-refractivity contribution in [1.29, 1.82) is 0 Å². The molecule has 1 N–H and O–H groups in total. The summed E-state index contributed by atoms with van der Waals surface area (Å²) in [5.41, 5.74) is -0.469. The maximum absolute atomic E-state index is 13.3. The molecule has 28 heavy (non-hydrogen) atoms. The average molecular weight is 399 g/mol. The predicted octanol–water partition coefficient (Wildman–Crippen LogP) is 2.72. The third kappa shape index (κ3) is 3.74. The van der Waals surface area contributed by atoms with Gasteiger partial charge in [-0.15, -0.1) is 0 Å². The van der Waals surface area contributed by atoms with Gasteiger partial charge in [-0.2, -0.15) is 0 Å². The van der Waals surface area contributed by atoms with Crippen molar-refractivity contribution in [3.8, 4) is 0 Å². The molecule has 0 aromatic carbocycles. The Morgan fingerprint density at radius 3 is 2.57 bits per heavy atom. The van der Waals surface area contributed by atoms with Crippen molar-refractivity contribution < 1.29 is 22.8 Å². The summed E-state index contributed by atoms with van der Waals surface area (Å²) in [7, 11) is 0. The Balaban J connectivity index is 1.18. The lowest BCUT2D eigenvalue weighted by Crippen LogP contribution is -2.58. The summed E-state index contributed by atoms with van der Waals surface area (Å²) in [5.74, 6) is -0.00615. The standard InChI is InChI=1S/C21H34FN3O3/c1-2-28-19(27)25-11-8-20(15-25)12-17(13-20)24-9-4-16(5-10-24)18(26)23-21(14-22)6-3-7-21/h16-17H,2-15H2,1H3,(H,23,26)/i1D3. The van der Waals surface area contributed by atoms with E-state index < -0.39 is 31.8 Å². The summed E-state index contributed by atoms with van der Waals surface area (Å²) in [6.07, 6.45) is 6.56. The minimum atomic E-state index is -2.26. The molecule has 1 spiro atoms. The molecule has 0 radical (unpaired) electrons. The fourth-order valence-corrected chi connectivity index (χ4v) is 5.56. The number of nitrogens with one attached hydrogen (secondary N) is 1. The first-order valence-electron chi connectivity index (χ1n) is 12.2. The molecule has 4 rings (SSSR count). The van der Waals surface area contributed by atoms with E-state index >= 15 is 0 Å². The number of likely N-dealkylation sites (tertiary alicyclic amines) is 2. The zero-order valence-electron chi connectivity index (χ0n) is 19.6. The van der Waals surface area contributed by atoms with E-state index in [1.807, 2.05) is 0 Å². The number of hydrogen-bond acceptors (Lipinski definition) is 4. The normalized spacial score (nSPS) is 34.7. The quantitative estimate of drug-likeness (QED) is 0.774. The van der Waals surface area contributed by atoms with Crippen molar-refractivity contribution in [2.45, 2.75) is 69.8 Å². The zero-order valence-corrected chi connectivity index (χ0v) is 16.6. The highest BCUT2D eigenvalue weighted by molar-refractivity contribution is 5.79. The van der Waals surface area contributed by atoms with Gasteiger partial charge in [0.25, 0.3) is 0 Å². The highest BCUT2D eigenvalue weighted by atomic mass is 19.1. The molecule has 0 atom stereocenters. The van der Waals surface area contributed by atoms with E-state index in [0.717, 1.165) is 64.5 Å². The smallest absolute Gasteiger partial charge is 0.409 e. The molecule has 2 saturated heterocycles. The minimum Gasteiger partial charge on any atom is -0.450 e. The molecule has 4 aliphatic rings. The van der Waals surface area contributed by atoms with Crippen LogP contribution in [0.2, 0.25) is 0 Å². The lowest BCUT2D eigenvalue weighted by molar-refractivity contribution is -0.130. The van der Waals surface area contributed by atoms with Crippen molar-refractivity contribution >= 4 is 12.0 Å². The van der Waals surface area contributed by atoms with Crippen molar-refractivity contribution in [3.63, 3.8) is 0 Å². The molecule has 0 aromatic rings. The Morgan fingerprint density at radius 1 is 1.21 bits per heavy atom. The molecule has 2 heterocycles. The molecule has 2 saturated carbocycles. The monoisotopic (exact) mass is 398 g/mol. The first kappa shape index (κ1) is 16.4. The van der Waals surface area contributed by atoms with E-state index in [-0.39, 0.29) is 17.2 Å². The second-order valence-electron chi connectivity index (χ2n) is 9.36. The van der Waals surface area contributed by atoms with Crippen LogP contribution >= 0.6 is 0 Å². The number of amides is 2. The molecule has 0 unspecified atom stereocenters. The minimum absolute atomic E-state index is 0.0177. The van der Waals surface area contributed by atoms with Gasteiger partial charge in [-0.25, -0.2) is 9.18 Å². The van der Waals surface area contributed by atoms with E-state index in [1.54, 1.807) is 4.90 Å². The number of carbonyl (C=O) groups excluding carboxylic acids is 2. The molecule has 6 nitrogen and oxygen atoms in total. The highest BCUT2D eigenvalue weighted by Gasteiger charge is 2.51. The summed E-state index contributed by atoms with van der Waals surface area (Å²) in [5, 5.41) is 2.98. The molecule has 0 bridgehead atoms. The fraction of sp³-hybridized carbons (Fsp3) is 0.905. The van der Waals surface area contributed by atoms with E-state index in [2.05, 4.69) is 10.2 Å². The summed E-state index contributed by atoms with van der Waals surface area (Å²) >= 11 is 0. The van der Waals surface area contributed by atoms with Gasteiger partial charge in [0.15, 0.2) is 0 Å². The molecule has 2 amide bonds. The van der Waals surface area contributed by atoms with Gasteiger partial charge in [0.05, 0.1) is 12.1 Å². The third-order valence-corrected chi connectivity index (χ3v) is 7.60. The number of ether oxygens (including phenoxy) is 1. The van der Waals surface area contributed by atoms with Crippen LogP contribution in [0.1, 0.15) is 62.3 Å². The Kier molecular flexibility index (Phi) is 4.58. The summed E-state index contributed by atoms with van der Waals surface area (Å²) in [4.78, 5) is 28.8. The van der Waals surface area contributed by atoms with Gasteiger partial charge in [-0.3, -0.25) is 4.79 Å².